The number of anilines is 1. The Balaban J connectivity index is 0.00000196. The van der Waals surface area contributed by atoms with Crippen molar-refractivity contribution in [1.82, 2.24) is 20.1 Å². The number of hydrogen-bond donors (Lipinski definition) is 2. The highest BCUT2D eigenvalue weighted by atomic mass is 35.5. The number of piperidine rings is 1. The van der Waals surface area contributed by atoms with Crippen LogP contribution in [0.15, 0.2) is 54.6 Å². The number of hydrogen-bond acceptors (Lipinski definition) is 4. The summed E-state index contributed by atoms with van der Waals surface area (Å²) in [4.78, 5) is 7.21. The number of rotatable bonds is 4. The second-order valence-corrected chi connectivity index (χ2v) is 6.71. The predicted octanol–water partition coefficient (Wildman–Crippen LogP) is 3.86. The first-order chi connectivity index (χ1) is 12.3. The van der Waals surface area contributed by atoms with Crippen molar-refractivity contribution >= 4 is 18.1 Å². The Morgan fingerprint density at radius 3 is 2.54 bits per heavy atom. The van der Waals surface area contributed by atoms with Gasteiger partial charge in [0.2, 0.25) is 0 Å². The maximum atomic E-state index is 5.87. The maximum absolute atomic E-state index is 5.87. The predicted molar refractivity (Wildman–Crippen MR) is 107 cm³/mol. The molecule has 6 heteroatoms. The molecule has 0 bridgehead atoms. The molecule has 1 saturated heterocycles. The largest absolute Gasteiger partial charge is 0.399 e. The monoisotopic (exact) mass is 369 g/mol. The van der Waals surface area contributed by atoms with Gasteiger partial charge in [-0.25, -0.2) is 4.98 Å². The van der Waals surface area contributed by atoms with Crippen molar-refractivity contribution in [3.63, 3.8) is 0 Å². The van der Waals surface area contributed by atoms with E-state index in [0.717, 1.165) is 55.4 Å². The number of aromatic amines is 1. The van der Waals surface area contributed by atoms with Gasteiger partial charge in [-0.1, -0.05) is 42.5 Å². The molecule has 0 radical (unpaired) electrons. The summed E-state index contributed by atoms with van der Waals surface area (Å²) < 4.78 is 0. The molecular formula is C20H24ClN5. The van der Waals surface area contributed by atoms with Crippen molar-refractivity contribution in [2.24, 2.45) is 0 Å². The Labute approximate surface area is 160 Å². The smallest absolute Gasteiger partial charge is 0.181 e. The number of halogens is 1. The lowest BCUT2D eigenvalue weighted by atomic mass is 9.96. The lowest BCUT2D eigenvalue weighted by Gasteiger charge is -2.30. The topological polar surface area (TPSA) is 70.8 Å². The molecule has 5 nitrogen and oxygen atoms in total. The lowest BCUT2D eigenvalue weighted by Crippen LogP contribution is -2.32. The highest BCUT2D eigenvalue weighted by molar-refractivity contribution is 5.85. The minimum Gasteiger partial charge on any atom is -0.399 e. The fraction of sp³-hybridized carbons (Fsp3) is 0.300. The van der Waals surface area contributed by atoms with Gasteiger partial charge in [0.05, 0.1) is 0 Å². The van der Waals surface area contributed by atoms with E-state index in [0.29, 0.717) is 5.92 Å². The van der Waals surface area contributed by atoms with Crippen LogP contribution < -0.4 is 5.73 Å². The number of nitrogens with two attached hydrogens (primary N) is 1. The van der Waals surface area contributed by atoms with E-state index >= 15 is 0 Å². The van der Waals surface area contributed by atoms with Crippen LogP contribution in [0.4, 0.5) is 5.69 Å². The molecule has 0 atom stereocenters. The second-order valence-electron chi connectivity index (χ2n) is 6.71. The van der Waals surface area contributed by atoms with Crippen LogP contribution in [0.25, 0.3) is 11.4 Å². The number of nitrogen functional groups attached to an aromatic ring is 1. The Hall–Kier alpha value is -2.37. The summed E-state index contributed by atoms with van der Waals surface area (Å²) in [5.74, 6) is 2.27. The van der Waals surface area contributed by atoms with E-state index in [-0.39, 0.29) is 12.4 Å². The standard InChI is InChI=1S/C20H23N5.ClH/c21-18-8-4-5-15(13-18)14-25-11-9-17(10-12-25)20-22-19(23-24-20)16-6-2-1-3-7-16;/h1-8,13,17H,9-12,14,21H2,(H,22,23,24);1H. The second kappa shape index (κ2) is 8.34. The van der Waals surface area contributed by atoms with Gasteiger partial charge in [-0.2, -0.15) is 5.10 Å². The van der Waals surface area contributed by atoms with Gasteiger partial charge >= 0.3 is 0 Å². The molecule has 1 aromatic heterocycles. The molecule has 0 saturated carbocycles. The zero-order valence-corrected chi connectivity index (χ0v) is 15.5. The summed E-state index contributed by atoms with van der Waals surface area (Å²) in [6, 6.07) is 18.3. The molecule has 0 amide bonds. The Kier molecular flexibility index (Phi) is 5.91. The molecule has 1 aliphatic heterocycles. The third kappa shape index (κ3) is 4.23. The molecule has 26 heavy (non-hydrogen) atoms. The van der Waals surface area contributed by atoms with Crippen molar-refractivity contribution in [3.05, 3.63) is 66.0 Å². The number of aromatic nitrogens is 3. The quantitative estimate of drug-likeness (QED) is 0.685. The van der Waals surface area contributed by atoms with E-state index in [2.05, 4.69) is 27.2 Å². The van der Waals surface area contributed by atoms with Gasteiger partial charge in [0.25, 0.3) is 0 Å². The van der Waals surface area contributed by atoms with Crippen molar-refractivity contribution in [3.8, 4) is 11.4 Å². The van der Waals surface area contributed by atoms with E-state index in [1.54, 1.807) is 0 Å². The van der Waals surface area contributed by atoms with E-state index in [1.807, 2.05) is 42.5 Å². The number of nitrogens with zero attached hydrogens (tertiary/aromatic N) is 3. The first-order valence-electron chi connectivity index (χ1n) is 8.82. The number of benzene rings is 2. The van der Waals surface area contributed by atoms with E-state index < -0.39 is 0 Å². The van der Waals surface area contributed by atoms with Crippen LogP contribution in [-0.4, -0.2) is 33.2 Å². The van der Waals surface area contributed by atoms with Gasteiger partial charge in [0, 0.05) is 23.7 Å². The van der Waals surface area contributed by atoms with Crippen LogP contribution in [-0.2, 0) is 6.54 Å². The molecule has 2 aromatic carbocycles. The summed E-state index contributed by atoms with van der Waals surface area (Å²) in [6.07, 6.45) is 2.21. The molecule has 1 fully saturated rings. The van der Waals surface area contributed by atoms with Crippen molar-refractivity contribution in [1.29, 1.82) is 0 Å². The molecule has 1 aliphatic rings. The Morgan fingerprint density at radius 1 is 1.04 bits per heavy atom. The lowest BCUT2D eigenvalue weighted by molar-refractivity contribution is 0.202. The van der Waals surface area contributed by atoms with Crippen molar-refractivity contribution in [2.45, 2.75) is 25.3 Å². The summed E-state index contributed by atoms with van der Waals surface area (Å²) in [5, 5.41) is 7.54. The number of likely N-dealkylation sites (tertiary alicyclic amines) is 1. The van der Waals surface area contributed by atoms with E-state index in [1.165, 1.54) is 5.56 Å². The normalized spacial score (nSPS) is 15.5. The minimum atomic E-state index is 0. The molecule has 3 aromatic rings. The third-order valence-corrected chi connectivity index (χ3v) is 4.87. The molecule has 0 spiro atoms. The maximum Gasteiger partial charge on any atom is 0.181 e. The van der Waals surface area contributed by atoms with Crippen LogP contribution in [0.5, 0.6) is 0 Å². The molecule has 2 heterocycles. The highest BCUT2D eigenvalue weighted by Crippen LogP contribution is 2.27. The Bertz CT molecular complexity index is 825. The zero-order valence-electron chi connectivity index (χ0n) is 14.6. The van der Waals surface area contributed by atoms with Crippen LogP contribution in [0.3, 0.4) is 0 Å². The van der Waals surface area contributed by atoms with Gasteiger partial charge in [-0.05, 0) is 43.6 Å². The third-order valence-electron chi connectivity index (χ3n) is 4.87. The summed E-state index contributed by atoms with van der Waals surface area (Å²) in [7, 11) is 0. The van der Waals surface area contributed by atoms with E-state index in [4.69, 9.17) is 10.7 Å². The van der Waals surface area contributed by atoms with Gasteiger partial charge in [-0.3, -0.25) is 10.00 Å². The Morgan fingerprint density at radius 2 is 1.81 bits per heavy atom. The van der Waals surface area contributed by atoms with Crippen molar-refractivity contribution in [2.75, 3.05) is 18.8 Å². The molecule has 3 N–H and O–H groups in total. The molecular weight excluding hydrogens is 346 g/mol. The number of H-pyrrole nitrogens is 1. The minimum absolute atomic E-state index is 0. The average Bonchev–Trinajstić information content (AvgIpc) is 3.13. The van der Waals surface area contributed by atoms with Gasteiger partial charge < -0.3 is 5.73 Å². The summed E-state index contributed by atoms with van der Waals surface area (Å²) >= 11 is 0. The van der Waals surface area contributed by atoms with Crippen LogP contribution in [0.1, 0.15) is 30.1 Å². The highest BCUT2D eigenvalue weighted by Gasteiger charge is 2.23. The summed E-state index contributed by atoms with van der Waals surface area (Å²) in [5.41, 5.74) is 9.05. The van der Waals surface area contributed by atoms with Gasteiger partial charge in [-0.15, -0.1) is 12.4 Å². The zero-order chi connectivity index (χ0) is 17.1. The first kappa shape index (κ1) is 18.4. The van der Waals surface area contributed by atoms with Gasteiger partial charge in [0.1, 0.15) is 5.82 Å². The van der Waals surface area contributed by atoms with E-state index in [9.17, 15) is 0 Å². The molecule has 0 unspecified atom stereocenters. The van der Waals surface area contributed by atoms with Crippen molar-refractivity contribution < 1.29 is 0 Å². The SMILES string of the molecule is Cl.Nc1cccc(CN2CCC(c3nc(-c4ccccc4)n[nH]3)CC2)c1. The average molecular weight is 370 g/mol. The molecule has 4 rings (SSSR count). The van der Waals surface area contributed by atoms with Crippen LogP contribution >= 0.6 is 12.4 Å². The fourth-order valence-corrected chi connectivity index (χ4v) is 3.49. The van der Waals surface area contributed by atoms with Crippen LogP contribution in [0.2, 0.25) is 0 Å². The molecule has 0 aliphatic carbocycles. The number of nitrogens with one attached hydrogen (secondary N) is 1. The van der Waals surface area contributed by atoms with Crippen LogP contribution in [0, 0.1) is 0 Å². The summed E-state index contributed by atoms with van der Waals surface area (Å²) in [6.45, 7) is 3.10. The first-order valence-corrected chi connectivity index (χ1v) is 8.82. The fourth-order valence-electron chi connectivity index (χ4n) is 3.49. The van der Waals surface area contributed by atoms with Gasteiger partial charge in [0.15, 0.2) is 5.82 Å². The molecule has 136 valence electrons.